The molecule has 0 radical (unpaired) electrons. The van der Waals surface area contributed by atoms with E-state index in [1.54, 1.807) is 6.07 Å². The summed E-state index contributed by atoms with van der Waals surface area (Å²) in [4.78, 5) is 15.2. The molecule has 5 aromatic rings. The summed E-state index contributed by atoms with van der Waals surface area (Å²) in [6, 6.07) is 30.6. The lowest BCUT2D eigenvalue weighted by atomic mass is 9.76. The Morgan fingerprint density at radius 3 is 2.33 bits per heavy atom. The molecule has 0 fully saturated rings. The topological polar surface area (TPSA) is 42.7 Å². The fourth-order valence-electron chi connectivity index (χ4n) is 5.99. The highest BCUT2D eigenvalue weighted by atomic mass is 16.5. The quantitative estimate of drug-likeness (QED) is 0.204. The molecule has 0 N–H and O–H groups in total. The summed E-state index contributed by atoms with van der Waals surface area (Å²) in [5, 5.41) is 2.38. The Balaban J connectivity index is 1.43. The highest BCUT2D eigenvalue weighted by Gasteiger charge is 2.58. The van der Waals surface area contributed by atoms with Crippen LogP contribution in [0.15, 0.2) is 106 Å². The van der Waals surface area contributed by atoms with E-state index < -0.39 is 5.72 Å². The highest BCUT2D eigenvalue weighted by Crippen LogP contribution is 2.55. The zero-order chi connectivity index (χ0) is 24.5. The van der Waals surface area contributed by atoms with Crippen molar-refractivity contribution in [2.24, 2.45) is 0 Å². The van der Waals surface area contributed by atoms with Gasteiger partial charge in [-0.3, -0.25) is 0 Å². The molecule has 0 bridgehead atoms. The van der Waals surface area contributed by atoms with E-state index in [4.69, 9.17) is 9.15 Å². The smallest absolute Gasteiger partial charge is 0.344 e. The Kier molecular flexibility index (Phi) is 4.29. The van der Waals surface area contributed by atoms with E-state index in [1.807, 2.05) is 36.4 Å². The highest BCUT2D eigenvalue weighted by molar-refractivity contribution is 6.07. The van der Waals surface area contributed by atoms with Crippen LogP contribution in [0.2, 0.25) is 0 Å². The molecule has 7 rings (SSSR count). The van der Waals surface area contributed by atoms with E-state index >= 15 is 0 Å². The zero-order valence-corrected chi connectivity index (χ0v) is 20.2. The van der Waals surface area contributed by atoms with Crippen LogP contribution in [0, 0.1) is 0 Å². The number of fused-ring (bicyclic) bond motifs is 6. The molecule has 3 heterocycles. The lowest BCUT2D eigenvalue weighted by molar-refractivity contribution is 0.0522. The molecule has 4 nitrogen and oxygen atoms in total. The van der Waals surface area contributed by atoms with E-state index in [1.165, 1.54) is 11.1 Å². The molecule has 0 saturated carbocycles. The average Bonchev–Trinajstić information content (AvgIpc) is 3.08. The van der Waals surface area contributed by atoms with Crippen molar-refractivity contribution in [2.75, 3.05) is 4.90 Å². The van der Waals surface area contributed by atoms with Crippen molar-refractivity contribution in [3.8, 4) is 5.75 Å². The number of hydrogen-bond donors (Lipinski definition) is 0. The monoisotopic (exact) mass is 471 g/mol. The average molecular weight is 472 g/mol. The van der Waals surface area contributed by atoms with Crippen LogP contribution >= 0.6 is 0 Å². The predicted molar refractivity (Wildman–Crippen MR) is 144 cm³/mol. The van der Waals surface area contributed by atoms with Crippen molar-refractivity contribution in [1.82, 2.24) is 0 Å². The first-order valence-electron chi connectivity index (χ1n) is 12.3. The molecular formula is C32H25NO3. The Morgan fingerprint density at radius 2 is 1.50 bits per heavy atom. The number of anilines is 1. The largest absolute Gasteiger partial charge is 0.463 e. The summed E-state index contributed by atoms with van der Waals surface area (Å²) in [5.74, 6) is 0.711. The van der Waals surface area contributed by atoms with E-state index in [0.29, 0.717) is 23.3 Å². The van der Waals surface area contributed by atoms with Gasteiger partial charge >= 0.3 is 5.63 Å². The van der Waals surface area contributed by atoms with Crippen molar-refractivity contribution in [3.63, 3.8) is 0 Å². The molecule has 0 aliphatic carbocycles. The molecule has 4 heteroatoms. The lowest BCUT2D eigenvalue weighted by Gasteiger charge is -2.47. The van der Waals surface area contributed by atoms with E-state index in [0.717, 1.165) is 22.0 Å². The fourth-order valence-corrected chi connectivity index (χ4v) is 5.99. The third kappa shape index (κ3) is 2.73. The Labute approximate surface area is 209 Å². The van der Waals surface area contributed by atoms with Crippen LogP contribution in [-0.4, -0.2) is 5.72 Å². The maximum atomic E-state index is 12.8. The molecule has 2 aliphatic heterocycles. The van der Waals surface area contributed by atoms with Gasteiger partial charge in [0.2, 0.25) is 5.72 Å². The summed E-state index contributed by atoms with van der Waals surface area (Å²) in [6.45, 7) is 5.18. The molecule has 1 atom stereocenters. The third-order valence-electron chi connectivity index (χ3n) is 7.88. The van der Waals surface area contributed by atoms with Crippen LogP contribution in [0.3, 0.4) is 0 Å². The van der Waals surface area contributed by atoms with Gasteiger partial charge in [-0.2, -0.15) is 0 Å². The standard InChI is InChI=1S/C32H25NO3/c1-31(2)26-14-8-9-15-27(26)33(20-21-10-4-3-5-11-21)32(31)19-18-25-28(36-32)17-16-23-22-12-6-7-13-24(22)30(34)35-29(23)25/h3-19H,20H2,1-2H3. The molecule has 36 heavy (non-hydrogen) atoms. The summed E-state index contributed by atoms with van der Waals surface area (Å²) in [5.41, 5.74) is 3.56. The fraction of sp³-hybridized carbons (Fsp3) is 0.156. The van der Waals surface area contributed by atoms with Crippen LogP contribution in [0.1, 0.15) is 30.5 Å². The molecule has 2 aliphatic rings. The van der Waals surface area contributed by atoms with Gasteiger partial charge in [0, 0.05) is 17.6 Å². The molecule has 0 saturated heterocycles. The van der Waals surface area contributed by atoms with Gasteiger partial charge in [0.05, 0.1) is 16.4 Å². The van der Waals surface area contributed by atoms with Crippen LogP contribution in [0.5, 0.6) is 5.75 Å². The van der Waals surface area contributed by atoms with E-state index in [9.17, 15) is 4.79 Å². The van der Waals surface area contributed by atoms with Crippen molar-refractivity contribution >= 4 is 33.5 Å². The molecule has 0 amide bonds. The number of rotatable bonds is 2. The second-order valence-electron chi connectivity index (χ2n) is 10.1. The van der Waals surface area contributed by atoms with Gasteiger partial charge in [-0.05, 0) is 66.8 Å². The van der Waals surface area contributed by atoms with Crippen molar-refractivity contribution in [3.05, 3.63) is 124 Å². The second-order valence-corrected chi connectivity index (χ2v) is 10.1. The molecular weight excluding hydrogens is 446 g/mol. The summed E-state index contributed by atoms with van der Waals surface area (Å²) in [6.07, 6.45) is 4.22. The summed E-state index contributed by atoms with van der Waals surface area (Å²) < 4.78 is 12.9. The van der Waals surface area contributed by atoms with Crippen LogP contribution in [0.25, 0.3) is 27.8 Å². The van der Waals surface area contributed by atoms with E-state index in [-0.39, 0.29) is 11.0 Å². The first-order valence-corrected chi connectivity index (χ1v) is 12.3. The number of hydrogen-bond acceptors (Lipinski definition) is 4. The van der Waals surface area contributed by atoms with Crippen molar-refractivity contribution < 1.29 is 9.15 Å². The predicted octanol–water partition coefficient (Wildman–Crippen LogP) is 7.05. The number of ether oxygens (including phenoxy) is 1. The molecule has 1 spiro atoms. The number of para-hydroxylation sites is 1. The third-order valence-corrected chi connectivity index (χ3v) is 7.88. The first kappa shape index (κ1) is 21.0. The minimum Gasteiger partial charge on any atom is -0.463 e. The van der Waals surface area contributed by atoms with Gasteiger partial charge in [-0.15, -0.1) is 0 Å². The first-order chi connectivity index (χ1) is 17.5. The SMILES string of the molecule is CC1(C)c2ccccc2N(Cc2ccccc2)C12C=Cc1c(ccc3c1oc(=O)c1ccccc13)O2. The normalized spacial score (nSPS) is 19.4. The minimum absolute atomic E-state index is 0.334. The van der Waals surface area contributed by atoms with Gasteiger partial charge in [0.25, 0.3) is 0 Å². The van der Waals surface area contributed by atoms with Gasteiger partial charge in [-0.1, -0.05) is 66.7 Å². The van der Waals surface area contributed by atoms with E-state index in [2.05, 4.69) is 79.4 Å². The van der Waals surface area contributed by atoms with Gasteiger partial charge in [0.15, 0.2) is 0 Å². The van der Waals surface area contributed by atoms with Crippen molar-refractivity contribution in [1.29, 1.82) is 0 Å². The second kappa shape index (κ2) is 7.34. The maximum absolute atomic E-state index is 12.8. The van der Waals surface area contributed by atoms with Crippen molar-refractivity contribution in [2.45, 2.75) is 31.5 Å². The number of nitrogens with zero attached hydrogens (tertiary/aromatic N) is 1. The van der Waals surface area contributed by atoms with Crippen LogP contribution in [0.4, 0.5) is 5.69 Å². The van der Waals surface area contributed by atoms with Gasteiger partial charge in [-0.25, -0.2) is 4.79 Å². The van der Waals surface area contributed by atoms with Crippen LogP contribution < -0.4 is 15.3 Å². The summed E-state index contributed by atoms with van der Waals surface area (Å²) in [7, 11) is 0. The van der Waals surface area contributed by atoms with Gasteiger partial charge < -0.3 is 14.1 Å². The van der Waals surface area contributed by atoms with Gasteiger partial charge in [0.1, 0.15) is 11.3 Å². The lowest BCUT2D eigenvalue weighted by Crippen LogP contribution is -2.59. The molecule has 1 unspecified atom stereocenters. The zero-order valence-electron chi connectivity index (χ0n) is 20.2. The summed E-state index contributed by atoms with van der Waals surface area (Å²) >= 11 is 0. The van der Waals surface area contributed by atoms with Crippen LogP contribution in [-0.2, 0) is 12.0 Å². The Morgan fingerprint density at radius 1 is 0.778 bits per heavy atom. The molecule has 1 aromatic heterocycles. The Bertz CT molecular complexity index is 1750. The number of benzene rings is 4. The molecule has 176 valence electrons. The maximum Gasteiger partial charge on any atom is 0.344 e. The minimum atomic E-state index is -0.746. The molecule has 4 aromatic carbocycles. The Hall–Kier alpha value is -4.31.